The average molecular weight is 370 g/mol. The first-order valence-corrected chi connectivity index (χ1v) is 8.95. The van der Waals surface area contributed by atoms with E-state index >= 15 is 0 Å². The number of carbonyl (C=O) groups is 1. The predicted molar refractivity (Wildman–Crippen MR) is 97.7 cm³/mol. The fourth-order valence-corrected chi connectivity index (χ4v) is 3.19. The molecular weight excluding hydrogens is 354 g/mol. The number of hydrogen-bond donors (Lipinski definition) is 1. The summed E-state index contributed by atoms with van der Waals surface area (Å²) in [5.74, 6) is -1.57. The molecule has 0 aliphatic heterocycles. The van der Waals surface area contributed by atoms with E-state index < -0.39 is 17.7 Å². The van der Waals surface area contributed by atoms with Crippen molar-refractivity contribution in [1.29, 1.82) is 0 Å². The first-order valence-electron chi connectivity index (χ1n) is 7.96. The van der Waals surface area contributed by atoms with Crippen LogP contribution >= 0.6 is 11.8 Å². The molecule has 0 aliphatic carbocycles. The standard InChI is InChI=1S/C20H16F2N2OS/c21-15-9-10-18(16(22)12-15)26-13-19(25)24-20(14-6-2-1-3-7-14)17-8-4-5-11-23-17/h1-12,20H,13H2,(H,24,25). The maximum atomic E-state index is 13.7. The van der Waals surface area contributed by atoms with Gasteiger partial charge in [-0.25, -0.2) is 8.78 Å². The van der Waals surface area contributed by atoms with Crippen LogP contribution in [0, 0.1) is 11.6 Å². The number of benzene rings is 2. The minimum absolute atomic E-state index is 0.0126. The van der Waals surface area contributed by atoms with Gasteiger partial charge in [0.2, 0.25) is 5.91 Å². The molecule has 1 amide bonds. The van der Waals surface area contributed by atoms with E-state index in [2.05, 4.69) is 10.3 Å². The van der Waals surface area contributed by atoms with E-state index in [9.17, 15) is 13.6 Å². The lowest BCUT2D eigenvalue weighted by Gasteiger charge is -2.19. The number of thioether (sulfide) groups is 1. The molecule has 1 aromatic heterocycles. The number of amides is 1. The van der Waals surface area contributed by atoms with E-state index in [4.69, 9.17) is 0 Å². The molecule has 26 heavy (non-hydrogen) atoms. The van der Waals surface area contributed by atoms with E-state index in [-0.39, 0.29) is 16.6 Å². The van der Waals surface area contributed by atoms with Gasteiger partial charge in [-0.2, -0.15) is 0 Å². The van der Waals surface area contributed by atoms with Crippen LogP contribution in [-0.4, -0.2) is 16.6 Å². The summed E-state index contributed by atoms with van der Waals surface area (Å²) in [6.45, 7) is 0. The highest BCUT2D eigenvalue weighted by Gasteiger charge is 2.18. The summed E-state index contributed by atoms with van der Waals surface area (Å²) in [5, 5.41) is 2.93. The molecular formula is C20H16F2N2OS. The second-order valence-electron chi connectivity index (χ2n) is 5.53. The number of nitrogens with zero attached hydrogens (tertiary/aromatic N) is 1. The highest BCUT2D eigenvalue weighted by atomic mass is 32.2. The molecule has 132 valence electrons. The van der Waals surface area contributed by atoms with Crippen LogP contribution in [0.2, 0.25) is 0 Å². The summed E-state index contributed by atoms with van der Waals surface area (Å²) < 4.78 is 26.6. The number of hydrogen-bond acceptors (Lipinski definition) is 3. The molecule has 0 fully saturated rings. The maximum absolute atomic E-state index is 13.7. The monoisotopic (exact) mass is 370 g/mol. The second kappa shape index (κ2) is 8.58. The molecule has 3 rings (SSSR count). The van der Waals surface area contributed by atoms with E-state index in [0.29, 0.717) is 5.69 Å². The van der Waals surface area contributed by atoms with Crippen molar-refractivity contribution in [2.45, 2.75) is 10.9 Å². The molecule has 1 atom stereocenters. The van der Waals surface area contributed by atoms with E-state index in [0.717, 1.165) is 23.4 Å². The zero-order valence-electron chi connectivity index (χ0n) is 13.7. The van der Waals surface area contributed by atoms with Gasteiger partial charge >= 0.3 is 0 Å². The molecule has 1 heterocycles. The molecule has 1 N–H and O–H groups in total. The van der Waals surface area contributed by atoms with Gasteiger partial charge in [0.25, 0.3) is 0 Å². The fourth-order valence-electron chi connectivity index (χ4n) is 2.46. The fraction of sp³-hybridized carbons (Fsp3) is 0.100. The Bertz CT molecular complexity index is 836. The topological polar surface area (TPSA) is 42.0 Å². The lowest BCUT2D eigenvalue weighted by Crippen LogP contribution is -2.31. The van der Waals surface area contributed by atoms with Crippen molar-refractivity contribution in [1.82, 2.24) is 10.3 Å². The molecule has 3 aromatic rings. The van der Waals surface area contributed by atoms with Crippen LogP contribution in [-0.2, 0) is 4.79 Å². The molecule has 6 heteroatoms. The van der Waals surface area contributed by atoms with Crippen LogP contribution in [0.5, 0.6) is 0 Å². The van der Waals surface area contributed by atoms with Crippen molar-refractivity contribution >= 4 is 17.7 Å². The van der Waals surface area contributed by atoms with Gasteiger partial charge in [-0.1, -0.05) is 36.4 Å². The number of carbonyl (C=O) groups excluding carboxylic acids is 1. The SMILES string of the molecule is O=C(CSc1ccc(F)cc1F)NC(c1ccccc1)c1ccccn1. The zero-order valence-corrected chi connectivity index (χ0v) is 14.5. The predicted octanol–water partition coefficient (Wildman–Crippen LogP) is 4.36. The summed E-state index contributed by atoms with van der Waals surface area (Å²) in [6.07, 6.45) is 1.67. The highest BCUT2D eigenvalue weighted by Crippen LogP contribution is 2.24. The molecule has 0 saturated carbocycles. The highest BCUT2D eigenvalue weighted by molar-refractivity contribution is 8.00. The van der Waals surface area contributed by atoms with Crippen molar-refractivity contribution in [2.24, 2.45) is 0 Å². The molecule has 3 nitrogen and oxygen atoms in total. The summed E-state index contributed by atoms with van der Waals surface area (Å²) >= 11 is 1.02. The Morgan fingerprint density at radius 2 is 1.81 bits per heavy atom. The van der Waals surface area contributed by atoms with Crippen molar-refractivity contribution in [3.8, 4) is 0 Å². The van der Waals surface area contributed by atoms with Crippen LogP contribution in [0.1, 0.15) is 17.3 Å². The third-order valence-electron chi connectivity index (χ3n) is 3.67. The number of rotatable bonds is 6. The molecule has 1 unspecified atom stereocenters. The van der Waals surface area contributed by atoms with Gasteiger partial charge in [0.05, 0.1) is 17.5 Å². The summed E-state index contributed by atoms with van der Waals surface area (Å²) in [6, 6.07) is 17.9. The normalized spacial score (nSPS) is 11.8. The van der Waals surface area contributed by atoms with Gasteiger partial charge in [-0.15, -0.1) is 11.8 Å². The summed E-state index contributed by atoms with van der Waals surface area (Å²) in [7, 11) is 0. The van der Waals surface area contributed by atoms with E-state index in [1.165, 1.54) is 12.1 Å². The second-order valence-corrected chi connectivity index (χ2v) is 6.55. The number of aromatic nitrogens is 1. The smallest absolute Gasteiger partial charge is 0.231 e. The molecule has 0 aliphatic rings. The Kier molecular flexibility index (Phi) is 5.96. The van der Waals surface area contributed by atoms with Gasteiger partial charge in [0.15, 0.2) is 0 Å². The number of halogens is 2. The first kappa shape index (κ1) is 18.1. The Morgan fingerprint density at radius 3 is 2.50 bits per heavy atom. The van der Waals surface area contributed by atoms with Gasteiger partial charge in [0, 0.05) is 17.2 Å². The van der Waals surface area contributed by atoms with Crippen LogP contribution in [0.4, 0.5) is 8.78 Å². The zero-order chi connectivity index (χ0) is 18.4. The van der Waals surface area contributed by atoms with Crippen molar-refractivity contribution in [3.05, 3.63) is 95.8 Å². The van der Waals surface area contributed by atoms with E-state index in [1.54, 1.807) is 12.3 Å². The third kappa shape index (κ3) is 4.67. The lowest BCUT2D eigenvalue weighted by molar-refractivity contribution is -0.119. The largest absolute Gasteiger partial charge is 0.343 e. The van der Waals surface area contributed by atoms with Gasteiger partial charge in [0.1, 0.15) is 11.6 Å². The van der Waals surface area contributed by atoms with Crippen LogP contribution in [0.25, 0.3) is 0 Å². The number of nitrogens with one attached hydrogen (secondary N) is 1. The van der Waals surface area contributed by atoms with Crippen molar-refractivity contribution in [3.63, 3.8) is 0 Å². The Hall–Kier alpha value is -2.73. The lowest BCUT2D eigenvalue weighted by atomic mass is 10.0. The minimum atomic E-state index is -0.674. The van der Waals surface area contributed by atoms with Gasteiger partial charge in [-0.05, 0) is 29.8 Å². The third-order valence-corrected chi connectivity index (χ3v) is 4.72. The molecule has 0 spiro atoms. The molecule has 2 aromatic carbocycles. The Balaban J connectivity index is 1.71. The summed E-state index contributed by atoms with van der Waals surface area (Å²) in [4.78, 5) is 17.0. The maximum Gasteiger partial charge on any atom is 0.231 e. The first-order chi connectivity index (χ1) is 12.6. The Labute approximate surface area is 154 Å². The van der Waals surface area contributed by atoms with Gasteiger partial charge < -0.3 is 5.32 Å². The Morgan fingerprint density at radius 1 is 1.04 bits per heavy atom. The molecule has 0 radical (unpaired) electrons. The quantitative estimate of drug-likeness (QED) is 0.656. The average Bonchev–Trinajstić information content (AvgIpc) is 2.67. The minimum Gasteiger partial charge on any atom is -0.343 e. The molecule has 0 saturated heterocycles. The van der Waals surface area contributed by atoms with Crippen LogP contribution in [0.15, 0.2) is 77.8 Å². The molecule has 0 bridgehead atoms. The van der Waals surface area contributed by atoms with Crippen LogP contribution in [0.3, 0.4) is 0 Å². The van der Waals surface area contributed by atoms with Crippen molar-refractivity contribution < 1.29 is 13.6 Å². The summed E-state index contributed by atoms with van der Waals surface area (Å²) in [5.41, 5.74) is 1.61. The van der Waals surface area contributed by atoms with Crippen molar-refractivity contribution in [2.75, 3.05) is 5.75 Å². The number of pyridine rings is 1. The van der Waals surface area contributed by atoms with Crippen LogP contribution < -0.4 is 5.32 Å². The van der Waals surface area contributed by atoms with E-state index in [1.807, 2.05) is 42.5 Å². The van der Waals surface area contributed by atoms with Gasteiger partial charge in [-0.3, -0.25) is 9.78 Å².